The molecule has 0 spiro atoms. The lowest BCUT2D eigenvalue weighted by Gasteiger charge is -2.35. The zero-order chi connectivity index (χ0) is 34.6. The van der Waals surface area contributed by atoms with Crippen molar-refractivity contribution in [3.05, 3.63) is 101 Å². The Morgan fingerprint density at radius 2 is 1.54 bits per heavy atom. The van der Waals surface area contributed by atoms with Gasteiger partial charge in [-0.3, -0.25) is 9.35 Å². The highest BCUT2D eigenvalue weighted by Crippen LogP contribution is 2.42. The molecular weight excluding hydrogens is 621 g/mol. The van der Waals surface area contributed by atoms with Crippen molar-refractivity contribution in [2.45, 2.75) is 96.6 Å². The number of benzene rings is 4. The highest BCUT2D eigenvalue weighted by atomic mass is 32.2. The fraction of sp³-hybridized carbons (Fsp3) is 0.425. The highest BCUT2D eigenvalue weighted by molar-refractivity contribution is 7.86. The third-order valence-electron chi connectivity index (χ3n) is 10.1. The number of fused-ring (bicyclic) bond motifs is 1. The largest absolute Gasteiger partial charge is 0.460 e. The zero-order valence-electron chi connectivity index (χ0n) is 29.1. The van der Waals surface area contributed by atoms with E-state index in [2.05, 4.69) is 72.6 Å². The van der Waals surface area contributed by atoms with Crippen LogP contribution in [-0.2, 0) is 19.6 Å². The molecule has 3 atom stereocenters. The van der Waals surface area contributed by atoms with Gasteiger partial charge in [0.25, 0.3) is 10.1 Å². The Hall–Kier alpha value is -3.88. The molecule has 3 unspecified atom stereocenters. The van der Waals surface area contributed by atoms with E-state index in [1.54, 1.807) is 6.07 Å². The van der Waals surface area contributed by atoms with Crippen LogP contribution < -0.4 is 10.2 Å². The van der Waals surface area contributed by atoms with Gasteiger partial charge in [0.05, 0.1) is 11.5 Å². The molecule has 0 bridgehead atoms. The molecule has 1 aliphatic carbocycles. The first kappa shape index (κ1) is 35.4. The average molecular weight is 671 g/mol. The van der Waals surface area contributed by atoms with E-state index in [-0.39, 0.29) is 28.9 Å². The summed E-state index contributed by atoms with van der Waals surface area (Å²) in [6.45, 7) is 13.9. The second kappa shape index (κ2) is 14.7. The molecule has 2 N–H and O–H groups in total. The molecule has 0 saturated heterocycles. The van der Waals surface area contributed by atoms with Crippen LogP contribution >= 0.6 is 0 Å². The van der Waals surface area contributed by atoms with Crippen molar-refractivity contribution in [3.8, 4) is 0 Å². The van der Waals surface area contributed by atoms with Crippen LogP contribution in [0.15, 0.2) is 83.8 Å². The molecule has 1 saturated carbocycles. The number of hydrogen-bond acceptors (Lipinski definition) is 6. The van der Waals surface area contributed by atoms with Gasteiger partial charge in [-0.1, -0.05) is 73.5 Å². The monoisotopic (exact) mass is 670 g/mol. The van der Waals surface area contributed by atoms with Crippen LogP contribution in [0.4, 0.5) is 11.4 Å². The molecule has 8 heteroatoms. The Bertz CT molecular complexity index is 1830. The van der Waals surface area contributed by atoms with Crippen molar-refractivity contribution in [2.75, 3.05) is 23.3 Å². The molecule has 0 aromatic heterocycles. The molecule has 1 aliphatic rings. The lowest BCUT2D eigenvalue weighted by Crippen LogP contribution is -2.42. The maximum Gasteiger partial charge on any atom is 0.311 e. The fourth-order valence-electron chi connectivity index (χ4n) is 6.80. The summed E-state index contributed by atoms with van der Waals surface area (Å²) in [5, 5.41) is 4.81. The molecule has 0 heterocycles. The topological polar surface area (TPSA) is 95.9 Å². The smallest absolute Gasteiger partial charge is 0.311 e. The minimum absolute atomic E-state index is 0.133. The molecule has 0 amide bonds. The molecule has 256 valence electrons. The van der Waals surface area contributed by atoms with Crippen LogP contribution in [0.1, 0.15) is 94.9 Å². The first-order valence-electron chi connectivity index (χ1n) is 17.3. The van der Waals surface area contributed by atoms with E-state index in [1.165, 1.54) is 6.07 Å². The van der Waals surface area contributed by atoms with E-state index >= 15 is 0 Å². The molecule has 48 heavy (non-hydrogen) atoms. The van der Waals surface area contributed by atoms with E-state index in [9.17, 15) is 17.8 Å². The Labute approximate surface area is 286 Å². The van der Waals surface area contributed by atoms with E-state index in [0.717, 1.165) is 72.4 Å². The van der Waals surface area contributed by atoms with E-state index in [0.29, 0.717) is 17.2 Å². The highest BCUT2D eigenvalue weighted by Gasteiger charge is 2.35. The van der Waals surface area contributed by atoms with Gasteiger partial charge in [-0.25, -0.2) is 0 Å². The predicted molar refractivity (Wildman–Crippen MR) is 196 cm³/mol. The summed E-state index contributed by atoms with van der Waals surface area (Å²) < 4.78 is 42.7. The third kappa shape index (κ3) is 7.55. The lowest BCUT2D eigenvalue weighted by atomic mass is 9.82. The number of esters is 1. The van der Waals surface area contributed by atoms with Gasteiger partial charge in [-0.05, 0) is 101 Å². The van der Waals surface area contributed by atoms with Crippen molar-refractivity contribution >= 4 is 38.2 Å². The summed E-state index contributed by atoms with van der Waals surface area (Å²) in [5.41, 5.74) is 5.22. The van der Waals surface area contributed by atoms with Gasteiger partial charge in [-0.15, -0.1) is 0 Å². The van der Waals surface area contributed by atoms with Gasteiger partial charge < -0.3 is 15.0 Å². The second-order valence-corrected chi connectivity index (χ2v) is 15.1. The summed E-state index contributed by atoms with van der Waals surface area (Å²) in [5.74, 6) is -0.513. The normalized spacial score (nSPS) is 17.6. The lowest BCUT2D eigenvalue weighted by molar-refractivity contribution is -0.161. The maximum atomic E-state index is 13.1. The third-order valence-corrected chi connectivity index (χ3v) is 11.0. The van der Waals surface area contributed by atoms with Crippen LogP contribution in [0.3, 0.4) is 0 Å². The minimum Gasteiger partial charge on any atom is -0.460 e. The number of carbonyl (C=O) groups excluding carboxylic acids is 1. The molecule has 5 rings (SSSR count). The van der Waals surface area contributed by atoms with Crippen molar-refractivity contribution in [1.82, 2.24) is 0 Å². The van der Waals surface area contributed by atoms with Crippen LogP contribution in [0.5, 0.6) is 0 Å². The van der Waals surface area contributed by atoms with Crippen LogP contribution in [0, 0.1) is 12.3 Å². The van der Waals surface area contributed by atoms with Crippen LogP contribution in [0.25, 0.3) is 10.8 Å². The van der Waals surface area contributed by atoms with E-state index in [1.807, 2.05) is 45.9 Å². The Morgan fingerprint density at radius 1 is 0.917 bits per heavy atom. The number of ether oxygens (including phenoxy) is 1. The Kier molecular flexibility index (Phi) is 10.9. The van der Waals surface area contributed by atoms with E-state index in [4.69, 9.17) is 4.74 Å². The minimum atomic E-state index is -4.58. The molecule has 7 nitrogen and oxygen atoms in total. The van der Waals surface area contributed by atoms with Gasteiger partial charge in [0.2, 0.25) is 0 Å². The summed E-state index contributed by atoms with van der Waals surface area (Å²) in [4.78, 5) is 15.2. The van der Waals surface area contributed by atoms with Crippen LogP contribution in [-0.4, -0.2) is 44.2 Å². The maximum absolute atomic E-state index is 13.1. The summed E-state index contributed by atoms with van der Waals surface area (Å²) in [6, 6.07) is 25.7. The number of nitrogens with one attached hydrogen (secondary N) is 1. The molecule has 4 aromatic rings. The van der Waals surface area contributed by atoms with Crippen molar-refractivity contribution in [1.29, 1.82) is 0 Å². The second-order valence-electron chi connectivity index (χ2n) is 13.7. The Morgan fingerprint density at radius 3 is 2.15 bits per heavy atom. The molecule has 0 aliphatic heterocycles. The van der Waals surface area contributed by atoms with Crippen molar-refractivity contribution < 1.29 is 22.5 Å². The van der Waals surface area contributed by atoms with Gasteiger partial charge in [0.15, 0.2) is 0 Å². The van der Waals surface area contributed by atoms with Crippen molar-refractivity contribution in [3.63, 3.8) is 0 Å². The number of aryl methyl sites for hydroxylation is 1. The zero-order valence-corrected chi connectivity index (χ0v) is 29.9. The summed E-state index contributed by atoms with van der Waals surface area (Å²) in [6.07, 6.45) is 3.92. The predicted octanol–water partition coefficient (Wildman–Crippen LogP) is 9.12. The fourth-order valence-corrected chi connectivity index (χ4v) is 7.54. The standard InChI is InChI=1S/C40H50N2O5S/c1-7-40(5,6)39(43)47-35-15-11-10-14-34(35)41-33-26-25-32(38-31(33)13-12-16-36(38)48(44,45)46)37(28-19-17-27(4)18-20-28)29-21-23-30(24-22-29)42(8-2)9-3/h12-13,16-26,34-35,37,41H,7-11,14-15H2,1-6H3,(H,44,45,46). The molecule has 0 radical (unpaired) electrons. The molecular formula is C40H50N2O5S. The first-order chi connectivity index (χ1) is 22.9. The SMILES string of the molecule is CCN(CC)c1ccc(C(c2ccc(C)cc2)c2ccc(NC3CCCCC3OC(=O)C(C)(C)CC)c3cccc(S(=O)(=O)O)c23)cc1. The number of carbonyl (C=O) groups is 1. The van der Waals surface area contributed by atoms with Crippen molar-refractivity contribution in [2.24, 2.45) is 5.41 Å². The van der Waals surface area contributed by atoms with Crippen LogP contribution in [0.2, 0.25) is 0 Å². The number of hydrogen-bond donors (Lipinski definition) is 2. The number of rotatable bonds is 12. The average Bonchev–Trinajstić information content (AvgIpc) is 3.07. The van der Waals surface area contributed by atoms with Gasteiger partial charge in [0, 0.05) is 41.2 Å². The van der Waals surface area contributed by atoms with Gasteiger partial charge in [0.1, 0.15) is 11.0 Å². The number of nitrogens with zero attached hydrogens (tertiary/aromatic N) is 1. The Balaban J connectivity index is 1.66. The summed E-state index contributed by atoms with van der Waals surface area (Å²) >= 11 is 0. The van der Waals surface area contributed by atoms with Gasteiger partial charge >= 0.3 is 5.97 Å². The molecule has 1 fully saturated rings. The first-order valence-corrected chi connectivity index (χ1v) is 18.7. The quantitative estimate of drug-likeness (QED) is 0.0882. The summed E-state index contributed by atoms with van der Waals surface area (Å²) in [7, 11) is -4.58. The van der Waals surface area contributed by atoms with Gasteiger partial charge in [-0.2, -0.15) is 8.42 Å². The molecule has 4 aromatic carbocycles. The number of anilines is 2. The van der Waals surface area contributed by atoms with E-state index < -0.39 is 15.5 Å².